The number of rotatable bonds is 1. The maximum Gasteiger partial charge on any atom is 0.128 e. The maximum absolute atomic E-state index is 4.23. The van der Waals surface area contributed by atoms with E-state index in [9.17, 15) is 0 Å². The van der Waals surface area contributed by atoms with Gasteiger partial charge in [-0.05, 0) is 46.3 Å². The number of halogens is 2. The molecule has 1 aromatic carbocycles. The molecule has 0 radical (unpaired) electrons. The van der Waals surface area contributed by atoms with Crippen molar-refractivity contribution in [2.45, 2.75) is 0 Å². The molecule has 2 aromatic rings. The van der Waals surface area contributed by atoms with Crippen LogP contribution in [0.15, 0.2) is 45.6 Å². The minimum atomic E-state index is 0.843. The van der Waals surface area contributed by atoms with Crippen molar-refractivity contribution in [1.82, 2.24) is 9.78 Å². The minimum Gasteiger partial charge on any atom is -0.240 e. The third kappa shape index (κ3) is 2.00. The summed E-state index contributed by atoms with van der Waals surface area (Å²) in [7, 11) is 0. The molecule has 4 heteroatoms. The molecule has 0 unspecified atom stereocenters. The lowest BCUT2D eigenvalue weighted by atomic mass is 10.3. The number of nitrogens with zero attached hydrogens (tertiary/aromatic N) is 2. The molecule has 2 rings (SSSR count). The SMILES string of the molecule is Brc1ccc(-n2ccc(Br)n2)cc1. The van der Waals surface area contributed by atoms with Gasteiger partial charge in [-0.3, -0.25) is 0 Å². The van der Waals surface area contributed by atoms with Gasteiger partial charge in [-0.25, -0.2) is 4.68 Å². The summed E-state index contributed by atoms with van der Waals surface area (Å²) >= 11 is 6.69. The van der Waals surface area contributed by atoms with E-state index in [1.54, 1.807) is 0 Å². The van der Waals surface area contributed by atoms with E-state index in [1.807, 2.05) is 41.2 Å². The molecule has 0 aliphatic carbocycles. The summed E-state index contributed by atoms with van der Waals surface area (Å²) in [6.07, 6.45) is 1.91. The highest BCUT2D eigenvalue weighted by molar-refractivity contribution is 9.10. The molecule has 0 amide bonds. The highest BCUT2D eigenvalue weighted by Crippen LogP contribution is 2.14. The van der Waals surface area contributed by atoms with Crippen LogP contribution in [0.5, 0.6) is 0 Å². The van der Waals surface area contributed by atoms with Crippen LogP contribution >= 0.6 is 31.9 Å². The maximum atomic E-state index is 4.23. The van der Waals surface area contributed by atoms with E-state index in [1.165, 1.54) is 0 Å². The summed E-state index contributed by atoms with van der Waals surface area (Å²) in [6, 6.07) is 9.89. The average molecular weight is 302 g/mol. The van der Waals surface area contributed by atoms with Crippen molar-refractivity contribution in [3.8, 4) is 5.69 Å². The van der Waals surface area contributed by atoms with Crippen molar-refractivity contribution in [3.05, 3.63) is 45.6 Å². The van der Waals surface area contributed by atoms with Gasteiger partial charge in [0.25, 0.3) is 0 Å². The average Bonchev–Trinajstić information content (AvgIpc) is 2.53. The lowest BCUT2D eigenvalue weighted by molar-refractivity contribution is 0.870. The first kappa shape index (κ1) is 8.97. The van der Waals surface area contributed by atoms with Crippen molar-refractivity contribution < 1.29 is 0 Å². The van der Waals surface area contributed by atoms with E-state index >= 15 is 0 Å². The van der Waals surface area contributed by atoms with Gasteiger partial charge in [0.05, 0.1) is 5.69 Å². The standard InChI is InChI=1S/C9H6Br2N2/c10-7-1-3-8(4-2-7)13-6-5-9(11)12-13/h1-6H. The van der Waals surface area contributed by atoms with Crippen LogP contribution in [0.1, 0.15) is 0 Å². The fourth-order valence-corrected chi connectivity index (χ4v) is 1.59. The summed E-state index contributed by atoms with van der Waals surface area (Å²) in [4.78, 5) is 0. The molecule has 0 saturated heterocycles. The van der Waals surface area contributed by atoms with Gasteiger partial charge < -0.3 is 0 Å². The second-order valence-electron chi connectivity index (χ2n) is 2.56. The lowest BCUT2D eigenvalue weighted by Crippen LogP contribution is -1.93. The van der Waals surface area contributed by atoms with Gasteiger partial charge in [-0.2, -0.15) is 5.10 Å². The van der Waals surface area contributed by atoms with Crippen molar-refractivity contribution in [1.29, 1.82) is 0 Å². The van der Waals surface area contributed by atoms with Crippen LogP contribution in [0.3, 0.4) is 0 Å². The van der Waals surface area contributed by atoms with Gasteiger partial charge in [-0.1, -0.05) is 15.9 Å². The van der Waals surface area contributed by atoms with Crippen LogP contribution < -0.4 is 0 Å². The molecule has 0 bridgehead atoms. The van der Waals surface area contributed by atoms with E-state index in [4.69, 9.17) is 0 Å². The molecular weight excluding hydrogens is 296 g/mol. The minimum absolute atomic E-state index is 0.843. The van der Waals surface area contributed by atoms with Crippen LogP contribution in [0.4, 0.5) is 0 Å². The third-order valence-corrected chi connectivity index (χ3v) is 2.60. The predicted molar refractivity (Wildman–Crippen MR) is 59.0 cm³/mol. The molecule has 0 N–H and O–H groups in total. The summed E-state index contributed by atoms with van der Waals surface area (Å²) in [5.74, 6) is 0. The molecule has 2 nitrogen and oxygen atoms in total. The van der Waals surface area contributed by atoms with Crippen LogP contribution in [-0.4, -0.2) is 9.78 Å². The highest BCUT2D eigenvalue weighted by Gasteiger charge is 1.97. The van der Waals surface area contributed by atoms with Crippen molar-refractivity contribution in [3.63, 3.8) is 0 Å². The Kier molecular flexibility index (Phi) is 2.51. The smallest absolute Gasteiger partial charge is 0.128 e. The van der Waals surface area contributed by atoms with Gasteiger partial charge in [0.1, 0.15) is 4.60 Å². The van der Waals surface area contributed by atoms with Crippen molar-refractivity contribution in [2.24, 2.45) is 0 Å². The van der Waals surface area contributed by atoms with E-state index < -0.39 is 0 Å². The zero-order valence-electron chi connectivity index (χ0n) is 6.61. The van der Waals surface area contributed by atoms with Gasteiger partial charge in [-0.15, -0.1) is 0 Å². The first-order valence-electron chi connectivity index (χ1n) is 3.73. The second kappa shape index (κ2) is 3.64. The Morgan fingerprint density at radius 1 is 1.00 bits per heavy atom. The molecule has 1 heterocycles. The quantitative estimate of drug-likeness (QED) is 0.789. The summed E-state index contributed by atoms with van der Waals surface area (Å²) in [6.45, 7) is 0. The lowest BCUT2D eigenvalue weighted by Gasteiger charge is -1.99. The van der Waals surface area contributed by atoms with E-state index in [2.05, 4.69) is 37.0 Å². The summed E-state index contributed by atoms with van der Waals surface area (Å²) < 4.78 is 3.73. The summed E-state index contributed by atoms with van der Waals surface area (Å²) in [5, 5.41) is 4.23. The molecule has 0 saturated carbocycles. The number of benzene rings is 1. The Hall–Kier alpha value is -0.610. The monoisotopic (exact) mass is 300 g/mol. The van der Waals surface area contributed by atoms with Crippen molar-refractivity contribution >= 4 is 31.9 Å². The molecule has 0 spiro atoms. The van der Waals surface area contributed by atoms with Crippen LogP contribution in [-0.2, 0) is 0 Å². The van der Waals surface area contributed by atoms with Gasteiger partial charge in [0.15, 0.2) is 0 Å². The predicted octanol–water partition coefficient (Wildman–Crippen LogP) is 3.40. The first-order valence-corrected chi connectivity index (χ1v) is 5.31. The van der Waals surface area contributed by atoms with Gasteiger partial charge >= 0.3 is 0 Å². The Morgan fingerprint density at radius 2 is 1.69 bits per heavy atom. The van der Waals surface area contributed by atoms with Crippen LogP contribution in [0, 0.1) is 0 Å². The molecule has 0 fully saturated rings. The van der Waals surface area contributed by atoms with E-state index in [-0.39, 0.29) is 0 Å². The Labute approximate surface area is 92.8 Å². The zero-order chi connectivity index (χ0) is 9.26. The first-order chi connectivity index (χ1) is 6.25. The molecule has 1 aromatic heterocycles. The van der Waals surface area contributed by atoms with E-state index in [0.29, 0.717) is 0 Å². The van der Waals surface area contributed by atoms with Crippen LogP contribution in [0.2, 0.25) is 0 Å². The Balaban J connectivity index is 2.41. The molecule has 0 aliphatic heterocycles. The number of hydrogen-bond donors (Lipinski definition) is 0. The largest absolute Gasteiger partial charge is 0.240 e. The highest BCUT2D eigenvalue weighted by atomic mass is 79.9. The number of hydrogen-bond acceptors (Lipinski definition) is 1. The normalized spacial score (nSPS) is 10.3. The topological polar surface area (TPSA) is 17.8 Å². The van der Waals surface area contributed by atoms with E-state index in [0.717, 1.165) is 14.8 Å². The fraction of sp³-hybridized carbons (Fsp3) is 0. The molecular formula is C9H6Br2N2. The molecule has 0 atom stereocenters. The van der Waals surface area contributed by atoms with Gasteiger partial charge in [0, 0.05) is 10.7 Å². The molecule has 13 heavy (non-hydrogen) atoms. The molecule has 0 aliphatic rings. The zero-order valence-corrected chi connectivity index (χ0v) is 9.79. The summed E-state index contributed by atoms with van der Waals surface area (Å²) in [5.41, 5.74) is 1.05. The Bertz CT molecular complexity index is 406. The van der Waals surface area contributed by atoms with Crippen molar-refractivity contribution in [2.75, 3.05) is 0 Å². The third-order valence-electron chi connectivity index (χ3n) is 1.65. The van der Waals surface area contributed by atoms with Gasteiger partial charge in [0.2, 0.25) is 0 Å². The second-order valence-corrected chi connectivity index (χ2v) is 4.29. The Morgan fingerprint density at radius 3 is 2.23 bits per heavy atom. The van der Waals surface area contributed by atoms with Crippen LogP contribution in [0.25, 0.3) is 5.69 Å². The fourth-order valence-electron chi connectivity index (χ4n) is 1.04. The number of aromatic nitrogens is 2. The molecule has 66 valence electrons.